The molecule has 9 heteroatoms. The number of nitrogens with two attached hydrogens (primary N) is 1. The Morgan fingerprint density at radius 2 is 1.84 bits per heavy atom. The summed E-state index contributed by atoms with van der Waals surface area (Å²) in [6.07, 6.45) is 1.16. The molecule has 2 N–H and O–H groups in total. The van der Waals surface area contributed by atoms with Gasteiger partial charge in [0, 0.05) is 7.05 Å². The molecule has 0 fully saturated rings. The van der Waals surface area contributed by atoms with Crippen LogP contribution in [0.15, 0.2) is 30.3 Å². The number of likely N-dealkylation sites (N-methyl/N-ethyl adjacent to an activating group) is 1. The fourth-order valence-corrected chi connectivity index (χ4v) is 2.71. The number of hydrogen-bond donors (Lipinski definition) is 1. The summed E-state index contributed by atoms with van der Waals surface area (Å²) < 4.78 is 33.8. The molecule has 140 valence electrons. The lowest BCUT2D eigenvalue weighted by molar-refractivity contribution is -0.144. The van der Waals surface area contributed by atoms with Crippen LogP contribution in [0.3, 0.4) is 0 Å². The Hall–Kier alpha value is -1.97. The number of esters is 1. The molecule has 0 bridgehead atoms. The van der Waals surface area contributed by atoms with E-state index in [2.05, 4.69) is 4.74 Å². The molecule has 0 aliphatic carbocycles. The molecule has 0 spiro atoms. The van der Waals surface area contributed by atoms with Crippen LogP contribution in [0.4, 0.5) is 4.79 Å². The summed E-state index contributed by atoms with van der Waals surface area (Å²) in [7, 11) is -2.36. The van der Waals surface area contributed by atoms with Crippen LogP contribution in [-0.4, -0.2) is 50.7 Å². The number of ether oxygens (including phenoxy) is 2. The normalized spacial score (nSPS) is 12.6. The molecule has 0 aliphatic heterocycles. The van der Waals surface area contributed by atoms with Gasteiger partial charge in [-0.15, -0.1) is 0 Å². The largest absolute Gasteiger partial charge is 0.516 e. The van der Waals surface area contributed by atoms with Crippen molar-refractivity contribution in [2.45, 2.75) is 31.9 Å². The van der Waals surface area contributed by atoms with Gasteiger partial charge in [-0.1, -0.05) is 30.3 Å². The molecule has 0 unspecified atom stereocenters. The van der Waals surface area contributed by atoms with Gasteiger partial charge >= 0.3 is 12.1 Å². The standard InChI is InChI=1S/C16H24N2O6S/c1-18(25(2,21)22)14(10-6-7-11-17)15(19)24-16(20)23-12-13-8-4-3-5-9-13/h3-5,8-9,14H,6-7,10-12,17H2,1-2H3/t14-/m0/s1. The molecule has 0 aliphatic rings. The van der Waals surface area contributed by atoms with Crippen molar-refractivity contribution in [3.05, 3.63) is 35.9 Å². The Morgan fingerprint density at radius 3 is 2.40 bits per heavy atom. The van der Waals surface area contributed by atoms with Crippen LogP contribution in [0.25, 0.3) is 0 Å². The van der Waals surface area contributed by atoms with E-state index >= 15 is 0 Å². The zero-order chi connectivity index (χ0) is 18.9. The maximum absolute atomic E-state index is 12.2. The quantitative estimate of drug-likeness (QED) is 0.394. The third-order valence-corrected chi connectivity index (χ3v) is 4.85. The van der Waals surface area contributed by atoms with Crippen molar-refractivity contribution in [2.24, 2.45) is 5.73 Å². The van der Waals surface area contributed by atoms with Crippen molar-refractivity contribution >= 4 is 22.1 Å². The summed E-state index contributed by atoms with van der Waals surface area (Å²) >= 11 is 0. The van der Waals surface area contributed by atoms with Gasteiger partial charge in [-0.2, -0.15) is 4.31 Å². The lowest BCUT2D eigenvalue weighted by Crippen LogP contribution is -2.43. The molecule has 0 aromatic heterocycles. The van der Waals surface area contributed by atoms with E-state index in [1.165, 1.54) is 7.05 Å². The first kappa shape index (κ1) is 21.1. The molecule has 8 nitrogen and oxygen atoms in total. The van der Waals surface area contributed by atoms with E-state index in [4.69, 9.17) is 10.5 Å². The average Bonchev–Trinajstić information content (AvgIpc) is 2.56. The number of nitrogens with zero attached hydrogens (tertiary/aromatic N) is 1. The molecule has 0 heterocycles. The van der Waals surface area contributed by atoms with Crippen molar-refractivity contribution in [1.82, 2.24) is 4.31 Å². The third-order valence-electron chi connectivity index (χ3n) is 3.55. The van der Waals surface area contributed by atoms with Crippen LogP contribution in [0.5, 0.6) is 0 Å². The molecule has 1 aromatic carbocycles. The zero-order valence-corrected chi connectivity index (χ0v) is 15.2. The summed E-state index contributed by atoms with van der Waals surface area (Å²) in [5.74, 6) is -0.969. The Bertz CT molecular complexity index is 662. The first-order valence-electron chi connectivity index (χ1n) is 7.81. The van der Waals surface area contributed by atoms with E-state index in [9.17, 15) is 18.0 Å². The molecule has 0 radical (unpaired) electrons. The molecular formula is C16H24N2O6S. The number of carbonyl (C=O) groups excluding carboxylic acids is 2. The van der Waals surface area contributed by atoms with Gasteiger partial charge in [0.1, 0.15) is 12.6 Å². The lowest BCUT2D eigenvalue weighted by atomic mass is 10.1. The van der Waals surface area contributed by atoms with Crippen LogP contribution < -0.4 is 5.73 Å². The Labute approximate surface area is 147 Å². The van der Waals surface area contributed by atoms with Crippen LogP contribution in [0.1, 0.15) is 24.8 Å². The van der Waals surface area contributed by atoms with Crippen molar-refractivity contribution in [2.75, 3.05) is 19.8 Å². The van der Waals surface area contributed by atoms with Crippen molar-refractivity contribution in [3.8, 4) is 0 Å². The van der Waals surface area contributed by atoms with E-state index in [1.54, 1.807) is 24.3 Å². The minimum atomic E-state index is -3.63. The predicted octanol–water partition coefficient (Wildman–Crippen LogP) is 1.26. The summed E-state index contributed by atoms with van der Waals surface area (Å²) in [6, 6.07) is 7.78. The van der Waals surface area contributed by atoms with Gasteiger partial charge in [0.05, 0.1) is 6.26 Å². The van der Waals surface area contributed by atoms with Gasteiger partial charge in [-0.05, 0) is 31.4 Å². The molecule has 1 rings (SSSR count). The van der Waals surface area contributed by atoms with Crippen molar-refractivity contribution in [3.63, 3.8) is 0 Å². The first-order valence-corrected chi connectivity index (χ1v) is 9.66. The van der Waals surface area contributed by atoms with Crippen LogP contribution in [-0.2, 0) is 30.9 Å². The highest BCUT2D eigenvalue weighted by atomic mass is 32.2. The second kappa shape index (κ2) is 10.1. The Morgan fingerprint density at radius 1 is 1.20 bits per heavy atom. The molecular weight excluding hydrogens is 348 g/mol. The second-order valence-corrected chi connectivity index (χ2v) is 7.57. The minimum absolute atomic E-state index is 0.0489. The number of benzene rings is 1. The van der Waals surface area contributed by atoms with E-state index in [0.717, 1.165) is 16.1 Å². The average molecular weight is 372 g/mol. The number of sulfonamides is 1. The van der Waals surface area contributed by atoms with Gasteiger partial charge in [-0.25, -0.2) is 18.0 Å². The highest BCUT2D eigenvalue weighted by Gasteiger charge is 2.31. The smallest absolute Gasteiger partial charge is 0.429 e. The molecule has 0 amide bonds. The van der Waals surface area contributed by atoms with E-state index < -0.39 is 28.2 Å². The van der Waals surface area contributed by atoms with Gasteiger partial charge in [0.15, 0.2) is 0 Å². The van der Waals surface area contributed by atoms with Gasteiger partial charge in [0.2, 0.25) is 10.0 Å². The van der Waals surface area contributed by atoms with E-state index in [1.807, 2.05) is 6.07 Å². The van der Waals surface area contributed by atoms with E-state index in [-0.39, 0.29) is 13.0 Å². The topological polar surface area (TPSA) is 116 Å². The molecule has 0 saturated heterocycles. The maximum atomic E-state index is 12.2. The zero-order valence-electron chi connectivity index (χ0n) is 14.4. The monoisotopic (exact) mass is 372 g/mol. The van der Waals surface area contributed by atoms with E-state index in [0.29, 0.717) is 19.4 Å². The highest BCUT2D eigenvalue weighted by Crippen LogP contribution is 2.13. The van der Waals surface area contributed by atoms with Crippen molar-refractivity contribution in [1.29, 1.82) is 0 Å². The lowest BCUT2D eigenvalue weighted by Gasteiger charge is -2.23. The van der Waals surface area contributed by atoms with Gasteiger partial charge in [-0.3, -0.25) is 0 Å². The van der Waals surface area contributed by atoms with Crippen LogP contribution in [0.2, 0.25) is 0 Å². The minimum Gasteiger partial charge on any atom is -0.429 e. The molecule has 1 aromatic rings. The van der Waals surface area contributed by atoms with Gasteiger partial charge < -0.3 is 15.2 Å². The fraction of sp³-hybridized carbons (Fsp3) is 0.500. The number of hydrogen-bond acceptors (Lipinski definition) is 7. The number of unbranched alkanes of at least 4 members (excludes halogenated alkanes) is 1. The Kier molecular flexibility index (Phi) is 8.53. The predicted molar refractivity (Wildman–Crippen MR) is 92.0 cm³/mol. The summed E-state index contributed by atoms with van der Waals surface area (Å²) in [5, 5.41) is 0. The number of carbonyl (C=O) groups is 2. The number of rotatable bonds is 9. The summed E-state index contributed by atoms with van der Waals surface area (Å²) in [6.45, 7) is 0.371. The third kappa shape index (κ3) is 7.63. The maximum Gasteiger partial charge on any atom is 0.516 e. The highest BCUT2D eigenvalue weighted by molar-refractivity contribution is 7.88. The first-order chi connectivity index (χ1) is 11.8. The molecule has 1 atom stereocenters. The fourth-order valence-electron chi connectivity index (χ4n) is 2.06. The van der Waals surface area contributed by atoms with Crippen LogP contribution >= 0.6 is 0 Å². The van der Waals surface area contributed by atoms with Gasteiger partial charge in [0.25, 0.3) is 0 Å². The van der Waals surface area contributed by atoms with Crippen molar-refractivity contribution < 1.29 is 27.5 Å². The Balaban J connectivity index is 2.64. The summed E-state index contributed by atoms with van der Waals surface area (Å²) in [4.78, 5) is 23.9. The summed E-state index contributed by atoms with van der Waals surface area (Å²) in [5.41, 5.74) is 6.14. The second-order valence-electron chi connectivity index (χ2n) is 5.52. The molecule has 0 saturated carbocycles. The van der Waals surface area contributed by atoms with Crippen LogP contribution in [0, 0.1) is 0 Å². The molecule has 25 heavy (non-hydrogen) atoms. The SMILES string of the molecule is CN([C@@H](CCCCN)C(=O)OC(=O)OCc1ccccc1)S(C)(=O)=O.